The zero-order chi connectivity index (χ0) is 16.4. The Morgan fingerprint density at radius 2 is 1.91 bits per heavy atom. The van der Waals surface area contributed by atoms with Crippen molar-refractivity contribution in [3.8, 4) is 0 Å². The average Bonchev–Trinajstić information content (AvgIpc) is 2.33. The third-order valence-electron chi connectivity index (χ3n) is 3.86. The first-order chi connectivity index (χ1) is 10.2. The largest absolute Gasteiger partial charge is 0.481 e. The van der Waals surface area contributed by atoms with Crippen LogP contribution in [0, 0.1) is 0 Å². The summed E-state index contributed by atoms with van der Waals surface area (Å²) in [7, 11) is 0. The number of ether oxygens (including phenoxy) is 1. The first-order valence-electron chi connectivity index (χ1n) is 7.74. The SMILES string of the molecule is CC(C)(C)OC(=O)N1CC(CC(=O)O)(NC2CCSCC2)C1. The van der Waals surface area contributed by atoms with Gasteiger partial charge in [0.2, 0.25) is 0 Å². The number of nitrogens with zero attached hydrogens (tertiary/aromatic N) is 1. The standard InChI is InChI=1S/C15H26N2O4S/c1-14(2,3)21-13(20)17-9-15(10-17,8-12(18)19)16-11-4-6-22-7-5-11/h11,16H,4-10H2,1-3H3,(H,18,19). The van der Waals surface area contributed by atoms with Crippen LogP contribution in [-0.4, -0.2) is 63.8 Å². The lowest BCUT2D eigenvalue weighted by Crippen LogP contribution is -2.73. The molecule has 2 saturated heterocycles. The lowest BCUT2D eigenvalue weighted by molar-refractivity contribution is -0.141. The number of carboxylic acids is 1. The molecule has 2 fully saturated rings. The van der Waals surface area contributed by atoms with Crippen LogP contribution in [0.1, 0.15) is 40.0 Å². The summed E-state index contributed by atoms with van der Waals surface area (Å²) in [6, 6.07) is 0.349. The van der Waals surface area contributed by atoms with Gasteiger partial charge in [-0.05, 0) is 45.1 Å². The molecule has 1 amide bonds. The lowest BCUT2D eigenvalue weighted by atomic mass is 9.85. The van der Waals surface area contributed by atoms with Crippen LogP contribution >= 0.6 is 11.8 Å². The summed E-state index contributed by atoms with van der Waals surface area (Å²) in [6.07, 6.45) is 1.78. The smallest absolute Gasteiger partial charge is 0.410 e. The summed E-state index contributed by atoms with van der Waals surface area (Å²) in [6.45, 7) is 6.28. The number of carboxylic acid groups (broad SMARTS) is 1. The fraction of sp³-hybridized carbons (Fsp3) is 0.867. The molecule has 0 aliphatic carbocycles. The number of amides is 1. The first-order valence-corrected chi connectivity index (χ1v) is 8.90. The van der Waals surface area contributed by atoms with Gasteiger partial charge in [0.1, 0.15) is 5.60 Å². The molecule has 0 bridgehead atoms. The number of aliphatic carboxylic acids is 1. The molecule has 7 heteroatoms. The highest BCUT2D eigenvalue weighted by molar-refractivity contribution is 7.99. The van der Waals surface area contributed by atoms with Gasteiger partial charge in [-0.2, -0.15) is 11.8 Å². The summed E-state index contributed by atoms with van der Waals surface area (Å²) < 4.78 is 5.34. The third-order valence-corrected chi connectivity index (χ3v) is 4.91. The summed E-state index contributed by atoms with van der Waals surface area (Å²) in [5, 5.41) is 12.7. The van der Waals surface area contributed by atoms with Crippen LogP contribution in [0.4, 0.5) is 4.79 Å². The highest BCUT2D eigenvalue weighted by Gasteiger charge is 2.48. The van der Waals surface area contributed by atoms with E-state index in [9.17, 15) is 14.7 Å². The van der Waals surface area contributed by atoms with Crippen LogP contribution < -0.4 is 5.32 Å². The van der Waals surface area contributed by atoms with E-state index >= 15 is 0 Å². The molecule has 2 aliphatic rings. The van der Waals surface area contributed by atoms with E-state index in [0.29, 0.717) is 19.1 Å². The van der Waals surface area contributed by atoms with Crippen molar-refractivity contribution in [2.75, 3.05) is 24.6 Å². The van der Waals surface area contributed by atoms with Crippen molar-refractivity contribution < 1.29 is 19.4 Å². The molecule has 0 unspecified atom stereocenters. The Morgan fingerprint density at radius 1 is 1.32 bits per heavy atom. The highest BCUT2D eigenvalue weighted by atomic mass is 32.2. The second kappa shape index (κ2) is 6.66. The molecule has 0 atom stereocenters. The summed E-state index contributed by atoms with van der Waals surface area (Å²) in [5.74, 6) is 1.38. The van der Waals surface area contributed by atoms with E-state index in [4.69, 9.17) is 4.74 Å². The number of thioether (sulfide) groups is 1. The second-order valence-electron chi connectivity index (χ2n) is 7.22. The zero-order valence-corrected chi connectivity index (χ0v) is 14.4. The van der Waals surface area contributed by atoms with Crippen LogP contribution in [0.3, 0.4) is 0 Å². The molecule has 6 nitrogen and oxygen atoms in total. The normalized spacial score (nSPS) is 22.0. The predicted octanol–water partition coefficient (Wildman–Crippen LogP) is 1.94. The van der Waals surface area contributed by atoms with Crippen molar-refractivity contribution in [1.82, 2.24) is 10.2 Å². The Kier molecular flexibility index (Phi) is 5.27. The molecule has 2 heterocycles. The molecule has 0 spiro atoms. The maximum Gasteiger partial charge on any atom is 0.410 e. The van der Waals surface area contributed by atoms with E-state index in [1.54, 1.807) is 4.90 Å². The van der Waals surface area contributed by atoms with Crippen molar-refractivity contribution in [2.24, 2.45) is 0 Å². The van der Waals surface area contributed by atoms with Gasteiger partial charge in [0.15, 0.2) is 0 Å². The number of carbonyl (C=O) groups is 2. The van der Waals surface area contributed by atoms with Gasteiger partial charge in [-0.15, -0.1) is 0 Å². The van der Waals surface area contributed by atoms with E-state index in [2.05, 4.69) is 5.32 Å². The molecule has 2 aliphatic heterocycles. The molecule has 0 saturated carbocycles. The number of hydrogen-bond acceptors (Lipinski definition) is 5. The van der Waals surface area contributed by atoms with Gasteiger partial charge in [-0.1, -0.05) is 0 Å². The average molecular weight is 330 g/mol. The molecule has 0 aromatic carbocycles. The fourth-order valence-corrected chi connectivity index (χ4v) is 4.06. The Morgan fingerprint density at radius 3 is 2.41 bits per heavy atom. The molecular formula is C15H26N2O4S. The molecule has 0 aromatic heterocycles. The summed E-state index contributed by atoms with van der Waals surface area (Å²) in [5.41, 5.74) is -1.04. The van der Waals surface area contributed by atoms with Crippen molar-refractivity contribution in [1.29, 1.82) is 0 Å². The second-order valence-corrected chi connectivity index (χ2v) is 8.44. The Hall–Kier alpha value is -0.950. The molecular weight excluding hydrogens is 304 g/mol. The van der Waals surface area contributed by atoms with E-state index in [1.807, 2.05) is 32.5 Å². The van der Waals surface area contributed by atoms with E-state index in [0.717, 1.165) is 24.3 Å². The van der Waals surface area contributed by atoms with Gasteiger partial charge in [0.25, 0.3) is 0 Å². The van der Waals surface area contributed by atoms with Crippen LogP contribution in [0.5, 0.6) is 0 Å². The molecule has 126 valence electrons. The first kappa shape index (κ1) is 17.4. The Labute approximate surface area is 136 Å². The maximum absolute atomic E-state index is 12.0. The van der Waals surface area contributed by atoms with Crippen LogP contribution in [0.15, 0.2) is 0 Å². The highest BCUT2D eigenvalue weighted by Crippen LogP contribution is 2.29. The number of carbonyl (C=O) groups excluding carboxylic acids is 1. The summed E-state index contributed by atoms with van der Waals surface area (Å²) >= 11 is 1.94. The number of nitrogens with one attached hydrogen (secondary N) is 1. The fourth-order valence-electron chi connectivity index (χ4n) is 2.96. The monoisotopic (exact) mass is 330 g/mol. The minimum absolute atomic E-state index is 0.0376. The molecule has 0 radical (unpaired) electrons. The minimum Gasteiger partial charge on any atom is -0.481 e. The van der Waals surface area contributed by atoms with Crippen molar-refractivity contribution >= 4 is 23.8 Å². The number of likely N-dealkylation sites (tertiary alicyclic amines) is 1. The molecule has 2 rings (SSSR count). The van der Waals surface area contributed by atoms with Crippen molar-refractivity contribution in [3.63, 3.8) is 0 Å². The molecule has 2 N–H and O–H groups in total. The van der Waals surface area contributed by atoms with E-state index in [1.165, 1.54) is 0 Å². The number of hydrogen-bond donors (Lipinski definition) is 2. The van der Waals surface area contributed by atoms with Crippen LogP contribution in [0.2, 0.25) is 0 Å². The lowest BCUT2D eigenvalue weighted by Gasteiger charge is -2.51. The minimum atomic E-state index is -0.832. The Balaban J connectivity index is 1.92. The number of rotatable bonds is 4. The topological polar surface area (TPSA) is 78.9 Å². The summed E-state index contributed by atoms with van der Waals surface area (Å²) in [4.78, 5) is 24.8. The van der Waals surface area contributed by atoms with Crippen molar-refractivity contribution in [3.05, 3.63) is 0 Å². The van der Waals surface area contributed by atoms with Gasteiger partial charge in [0, 0.05) is 19.1 Å². The van der Waals surface area contributed by atoms with E-state index < -0.39 is 17.1 Å². The van der Waals surface area contributed by atoms with Gasteiger partial charge < -0.3 is 20.1 Å². The Bertz CT molecular complexity index is 424. The quantitative estimate of drug-likeness (QED) is 0.820. The van der Waals surface area contributed by atoms with Crippen LogP contribution in [0.25, 0.3) is 0 Å². The van der Waals surface area contributed by atoms with Crippen LogP contribution in [-0.2, 0) is 9.53 Å². The van der Waals surface area contributed by atoms with Gasteiger partial charge in [0.05, 0.1) is 12.0 Å². The van der Waals surface area contributed by atoms with Gasteiger partial charge in [-0.25, -0.2) is 4.79 Å². The van der Waals surface area contributed by atoms with E-state index in [-0.39, 0.29) is 12.5 Å². The van der Waals surface area contributed by atoms with Gasteiger partial charge >= 0.3 is 12.1 Å². The molecule has 0 aromatic rings. The zero-order valence-electron chi connectivity index (χ0n) is 13.6. The van der Waals surface area contributed by atoms with Gasteiger partial charge in [-0.3, -0.25) is 4.79 Å². The maximum atomic E-state index is 12.0. The predicted molar refractivity (Wildman–Crippen MR) is 86.3 cm³/mol. The van der Waals surface area contributed by atoms with Crippen molar-refractivity contribution in [2.45, 2.75) is 57.2 Å². The molecule has 22 heavy (non-hydrogen) atoms. The third kappa shape index (κ3) is 4.78.